The molecule has 0 aliphatic carbocycles. The fourth-order valence-electron chi connectivity index (χ4n) is 1.82. The van der Waals surface area contributed by atoms with Crippen LogP contribution in [0, 0.1) is 0 Å². The van der Waals surface area contributed by atoms with Crippen LogP contribution < -0.4 is 10.1 Å². The quantitative estimate of drug-likeness (QED) is 0.896. The average molecular weight is 278 g/mol. The van der Waals surface area contributed by atoms with Crippen molar-refractivity contribution in [1.82, 2.24) is 5.32 Å². The Bertz CT molecular complexity index is 380. The zero-order valence-electron chi connectivity index (χ0n) is 8.93. The predicted molar refractivity (Wildman–Crippen MR) is 71.1 cm³/mol. The van der Waals surface area contributed by atoms with Crippen molar-refractivity contribution in [1.29, 1.82) is 0 Å². The molecule has 1 saturated heterocycles. The maximum absolute atomic E-state index is 6.11. The third kappa shape index (κ3) is 2.59. The zero-order valence-corrected chi connectivity index (χ0v) is 11.3. The van der Waals surface area contributed by atoms with Crippen molar-refractivity contribution < 1.29 is 4.74 Å². The largest absolute Gasteiger partial charge is 0.495 e. The molecule has 16 heavy (non-hydrogen) atoms. The van der Waals surface area contributed by atoms with E-state index in [9.17, 15) is 0 Å². The van der Waals surface area contributed by atoms with E-state index in [1.54, 1.807) is 13.2 Å². The predicted octanol–water partition coefficient (Wildman–Crippen LogP) is 3.38. The maximum atomic E-state index is 6.11. The molecule has 0 radical (unpaired) electrons. The molecule has 0 saturated carbocycles. The van der Waals surface area contributed by atoms with Crippen molar-refractivity contribution in [2.75, 3.05) is 25.2 Å². The molecule has 1 unspecified atom stereocenters. The lowest BCUT2D eigenvalue weighted by molar-refractivity contribution is 0.402. The molecule has 0 amide bonds. The highest BCUT2D eigenvalue weighted by atomic mass is 35.5. The number of methoxy groups -OCH3 is 1. The van der Waals surface area contributed by atoms with E-state index in [1.165, 1.54) is 0 Å². The van der Waals surface area contributed by atoms with Crippen molar-refractivity contribution in [3.05, 3.63) is 27.7 Å². The number of rotatable bonds is 2. The lowest BCUT2D eigenvalue weighted by Gasteiger charge is -2.25. The number of thioether (sulfide) groups is 1. The van der Waals surface area contributed by atoms with Crippen molar-refractivity contribution in [2.45, 2.75) is 6.04 Å². The van der Waals surface area contributed by atoms with E-state index >= 15 is 0 Å². The number of hydrogen-bond acceptors (Lipinski definition) is 3. The van der Waals surface area contributed by atoms with Crippen LogP contribution in [0.5, 0.6) is 5.75 Å². The molecule has 1 fully saturated rings. The molecule has 5 heteroatoms. The molecule has 2 rings (SSSR count). The number of benzene rings is 1. The smallest absolute Gasteiger partial charge is 0.142 e. The SMILES string of the molecule is COc1c(Cl)cc(Cl)cc1C1CSCCN1. The highest BCUT2D eigenvalue weighted by molar-refractivity contribution is 7.99. The maximum Gasteiger partial charge on any atom is 0.142 e. The molecule has 1 aromatic carbocycles. The van der Waals surface area contributed by atoms with Gasteiger partial charge in [-0.1, -0.05) is 23.2 Å². The van der Waals surface area contributed by atoms with Gasteiger partial charge < -0.3 is 10.1 Å². The Balaban J connectivity index is 2.36. The summed E-state index contributed by atoms with van der Waals surface area (Å²) in [7, 11) is 1.63. The first-order valence-corrected chi connectivity index (χ1v) is 6.97. The van der Waals surface area contributed by atoms with Crippen molar-refractivity contribution in [3.8, 4) is 5.75 Å². The van der Waals surface area contributed by atoms with Crippen LogP contribution in [0.3, 0.4) is 0 Å². The van der Waals surface area contributed by atoms with Crippen LogP contribution >= 0.6 is 35.0 Å². The van der Waals surface area contributed by atoms with Gasteiger partial charge in [-0.15, -0.1) is 0 Å². The van der Waals surface area contributed by atoms with Gasteiger partial charge in [-0.3, -0.25) is 0 Å². The molecule has 88 valence electrons. The normalized spacial score (nSPS) is 20.8. The van der Waals surface area contributed by atoms with Gasteiger partial charge in [0.25, 0.3) is 0 Å². The number of ether oxygens (including phenoxy) is 1. The molecule has 1 heterocycles. The molecule has 2 nitrogen and oxygen atoms in total. The van der Waals surface area contributed by atoms with Gasteiger partial charge in [-0.05, 0) is 12.1 Å². The summed E-state index contributed by atoms with van der Waals surface area (Å²) < 4.78 is 5.34. The minimum atomic E-state index is 0.268. The molecule has 1 aliphatic heterocycles. The Hall–Kier alpha value is -0.0900. The molecule has 1 aromatic rings. The van der Waals surface area contributed by atoms with Gasteiger partial charge >= 0.3 is 0 Å². The molecule has 1 aliphatic rings. The summed E-state index contributed by atoms with van der Waals surface area (Å²) in [5.74, 6) is 2.89. The van der Waals surface area contributed by atoms with E-state index in [0.717, 1.165) is 29.4 Å². The summed E-state index contributed by atoms with van der Waals surface area (Å²) in [5, 5.41) is 4.67. The van der Waals surface area contributed by atoms with Crippen LogP contribution in [-0.2, 0) is 0 Å². The summed E-state index contributed by atoms with van der Waals surface area (Å²) in [6.45, 7) is 1.00. The topological polar surface area (TPSA) is 21.3 Å². The Morgan fingerprint density at radius 3 is 2.88 bits per heavy atom. The van der Waals surface area contributed by atoms with E-state index in [1.807, 2.05) is 17.8 Å². The number of nitrogens with one attached hydrogen (secondary N) is 1. The molecular formula is C11H13Cl2NOS. The van der Waals surface area contributed by atoms with Gasteiger partial charge in [0.15, 0.2) is 0 Å². The summed E-state index contributed by atoms with van der Waals surface area (Å²) in [6, 6.07) is 3.90. The van der Waals surface area contributed by atoms with Gasteiger partial charge in [0.1, 0.15) is 5.75 Å². The Kier molecular flexibility index (Phi) is 4.25. The van der Waals surface area contributed by atoms with Crippen molar-refractivity contribution in [3.63, 3.8) is 0 Å². The number of hydrogen-bond donors (Lipinski definition) is 1. The molecular weight excluding hydrogens is 265 g/mol. The van der Waals surface area contributed by atoms with Crippen LogP contribution in [0.4, 0.5) is 0 Å². The fourth-order valence-corrected chi connectivity index (χ4v) is 3.37. The van der Waals surface area contributed by atoms with Crippen LogP contribution in [0.1, 0.15) is 11.6 Å². The first kappa shape index (κ1) is 12.4. The Morgan fingerprint density at radius 1 is 1.44 bits per heavy atom. The van der Waals surface area contributed by atoms with Gasteiger partial charge in [0.2, 0.25) is 0 Å². The van der Waals surface area contributed by atoms with E-state index < -0.39 is 0 Å². The lowest BCUT2D eigenvalue weighted by atomic mass is 10.1. The summed E-state index contributed by atoms with van der Waals surface area (Å²) >= 11 is 14.1. The highest BCUT2D eigenvalue weighted by Gasteiger charge is 2.21. The first-order chi connectivity index (χ1) is 7.72. The van der Waals surface area contributed by atoms with E-state index in [2.05, 4.69) is 5.32 Å². The Labute approximate surface area is 110 Å². The summed E-state index contributed by atoms with van der Waals surface area (Å²) in [4.78, 5) is 0. The van der Waals surface area contributed by atoms with E-state index in [4.69, 9.17) is 27.9 Å². The second-order valence-electron chi connectivity index (χ2n) is 3.59. The van der Waals surface area contributed by atoms with Crippen LogP contribution in [-0.4, -0.2) is 25.2 Å². The third-order valence-electron chi connectivity index (χ3n) is 2.54. The lowest BCUT2D eigenvalue weighted by Crippen LogP contribution is -2.30. The first-order valence-electron chi connectivity index (χ1n) is 5.06. The van der Waals surface area contributed by atoms with E-state index in [0.29, 0.717) is 10.0 Å². The Morgan fingerprint density at radius 2 is 2.25 bits per heavy atom. The van der Waals surface area contributed by atoms with Gasteiger partial charge in [0.05, 0.1) is 12.1 Å². The zero-order chi connectivity index (χ0) is 11.5. The average Bonchev–Trinajstić information content (AvgIpc) is 2.29. The van der Waals surface area contributed by atoms with E-state index in [-0.39, 0.29) is 6.04 Å². The van der Waals surface area contributed by atoms with Gasteiger partial charge in [0, 0.05) is 34.7 Å². The van der Waals surface area contributed by atoms with Crippen LogP contribution in [0.25, 0.3) is 0 Å². The molecule has 0 bridgehead atoms. The fraction of sp³-hybridized carbons (Fsp3) is 0.455. The summed E-state index contributed by atoms with van der Waals surface area (Å²) in [5.41, 5.74) is 1.05. The minimum absolute atomic E-state index is 0.268. The minimum Gasteiger partial charge on any atom is -0.495 e. The van der Waals surface area contributed by atoms with Gasteiger partial charge in [-0.2, -0.15) is 11.8 Å². The second kappa shape index (κ2) is 5.50. The monoisotopic (exact) mass is 277 g/mol. The number of halogens is 2. The molecule has 1 N–H and O–H groups in total. The van der Waals surface area contributed by atoms with Crippen LogP contribution in [0.15, 0.2) is 12.1 Å². The highest BCUT2D eigenvalue weighted by Crippen LogP contribution is 2.37. The third-order valence-corrected chi connectivity index (χ3v) is 4.10. The van der Waals surface area contributed by atoms with Crippen LogP contribution in [0.2, 0.25) is 10.0 Å². The standard InChI is InChI=1S/C11H13Cl2NOS/c1-15-11-8(4-7(12)5-9(11)13)10-6-16-3-2-14-10/h4-5,10,14H,2-3,6H2,1H3. The second-order valence-corrected chi connectivity index (χ2v) is 5.59. The van der Waals surface area contributed by atoms with Crippen molar-refractivity contribution >= 4 is 35.0 Å². The molecule has 0 spiro atoms. The van der Waals surface area contributed by atoms with Crippen molar-refractivity contribution in [2.24, 2.45) is 0 Å². The molecule has 0 aromatic heterocycles. The summed E-state index contributed by atoms with van der Waals surface area (Å²) in [6.07, 6.45) is 0. The molecule has 1 atom stereocenters. The van der Waals surface area contributed by atoms with Gasteiger partial charge in [-0.25, -0.2) is 0 Å².